The zero-order valence-electron chi connectivity index (χ0n) is 11.7. The minimum absolute atomic E-state index is 0.0375. The van der Waals surface area contributed by atoms with Gasteiger partial charge in [0.1, 0.15) is 11.6 Å². The number of anilines is 3. The minimum Gasteiger partial charge on any atom is -0.383 e. The monoisotopic (exact) mass is 323 g/mol. The molecule has 6 nitrogen and oxygen atoms in total. The number of fused-ring (bicyclic) bond motifs is 1. The molecule has 9 heteroatoms. The number of rotatable bonds is 1. The molecule has 1 aromatic carbocycles. The lowest BCUT2D eigenvalue weighted by atomic mass is 9.86. The molecule has 120 valence electrons. The molecule has 0 spiro atoms. The van der Waals surface area contributed by atoms with Gasteiger partial charge in [-0.15, -0.1) is 0 Å². The molecule has 2 aromatic rings. The third-order valence-electron chi connectivity index (χ3n) is 3.63. The standard InChI is InChI=1S/C14H12F3N5O/c15-14(16,17)7-3-1-6(2-4-7)8-5-9(23)20-12-10(8)11(18)21-13(19)22-12/h1-4,8H,5H2,(H5,18,19,20,21,22,23). The maximum absolute atomic E-state index is 12.7. The van der Waals surface area contributed by atoms with Crippen molar-refractivity contribution in [1.82, 2.24) is 9.97 Å². The third-order valence-corrected chi connectivity index (χ3v) is 3.63. The lowest BCUT2D eigenvalue weighted by molar-refractivity contribution is -0.137. The quantitative estimate of drug-likeness (QED) is 0.745. The van der Waals surface area contributed by atoms with E-state index in [4.69, 9.17) is 11.5 Å². The van der Waals surface area contributed by atoms with Crippen LogP contribution in [0.3, 0.4) is 0 Å². The summed E-state index contributed by atoms with van der Waals surface area (Å²) in [7, 11) is 0. The number of hydrogen-bond acceptors (Lipinski definition) is 5. The van der Waals surface area contributed by atoms with Crippen molar-refractivity contribution in [3.05, 3.63) is 41.0 Å². The molecular formula is C14H12F3N5O. The van der Waals surface area contributed by atoms with Gasteiger partial charge in [0.15, 0.2) is 0 Å². The van der Waals surface area contributed by atoms with Gasteiger partial charge < -0.3 is 16.8 Å². The summed E-state index contributed by atoms with van der Waals surface area (Å²) in [6.45, 7) is 0. The van der Waals surface area contributed by atoms with Gasteiger partial charge in [-0.25, -0.2) is 0 Å². The lowest BCUT2D eigenvalue weighted by Crippen LogP contribution is -2.26. The first-order valence-corrected chi connectivity index (χ1v) is 6.65. The van der Waals surface area contributed by atoms with Crippen molar-refractivity contribution in [2.45, 2.75) is 18.5 Å². The first-order chi connectivity index (χ1) is 10.8. The highest BCUT2D eigenvalue weighted by atomic mass is 19.4. The van der Waals surface area contributed by atoms with Crippen LogP contribution in [0.15, 0.2) is 24.3 Å². The van der Waals surface area contributed by atoms with Gasteiger partial charge in [-0.05, 0) is 17.7 Å². The number of carbonyl (C=O) groups is 1. The predicted octanol–water partition coefficient (Wildman–Crippen LogP) is 2.13. The van der Waals surface area contributed by atoms with E-state index in [9.17, 15) is 18.0 Å². The molecule has 0 radical (unpaired) electrons. The fourth-order valence-electron chi connectivity index (χ4n) is 2.60. The van der Waals surface area contributed by atoms with Crippen LogP contribution >= 0.6 is 0 Å². The van der Waals surface area contributed by atoms with Crippen molar-refractivity contribution in [1.29, 1.82) is 0 Å². The SMILES string of the molecule is Nc1nc(N)c2c(n1)NC(=O)CC2c1ccc(C(F)(F)F)cc1. The van der Waals surface area contributed by atoms with Crippen molar-refractivity contribution < 1.29 is 18.0 Å². The number of nitrogens with two attached hydrogens (primary N) is 2. The Morgan fingerprint density at radius 1 is 1.13 bits per heavy atom. The van der Waals surface area contributed by atoms with E-state index in [0.29, 0.717) is 11.1 Å². The lowest BCUT2D eigenvalue weighted by Gasteiger charge is -2.26. The summed E-state index contributed by atoms with van der Waals surface area (Å²) >= 11 is 0. The van der Waals surface area contributed by atoms with E-state index >= 15 is 0 Å². The van der Waals surface area contributed by atoms with Gasteiger partial charge in [0.05, 0.1) is 5.56 Å². The van der Waals surface area contributed by atoms with Crippen molar-refractivity contribution in [3.8, 4) is 0 Å². The van der Waals surface area contributed by atoms with Crippen LogP contribution in [0, 0.1) is 0 Å². The van der Waals surface area contributed by atoms with Crippen LogP contribution in [0.1, 0.15) is 29.0 Å². The molecule has 1 aliphatic heterocycles. The smallest absolute Gasteiger partial charge is 0.383 e. The van der Waals surface area contributed by atoms with E-state index in [1.54, 1.807) is 0 Å². The number of halogens is 3. The second-order valence-electron chi connectivity index (χ2n) is 5.15. The van der Waals surface area contributed by atoms with Crippen LogP contribution in [0.2, 0.25) is 0 Å². The first-order valence-electron chi connectivity index (χ1n) is 6.65. The van der Waals surface area contributed by atoms with Crippen molar-refractivity contribution >= 4 is 23.5 Å². The Kier molecular flexibility index (Phi) is 3.35. The molecule has 1 atom stereocenters. The fraction of sp³-hybridized carbons (Fsp3) is 0.214. The number of nitrogens with one attached hydrogen (secondary N) is 1. The number of hydrogen-bond donors (Lipinski definition) is 3. The summed E-state index contributed by atoms with van der Waals surface area (Å²) in [6.07, 6.45) is -4.38. The van der Waals surface area contributed by atoms with E-state index < -0.39 is 17.7 Å². The molecule has 3 rings (SSSR count). The summed E-state index contributed by atoms with van der Waals surface area (Å²) in [5.41, 5.74) is 11.6. The van der Waals surface area contributed by atoms with Crippen LogP contribution in [-0.2, 0) is 11.0 Å². The number of nitrogens with zero attached hydrogens (tertiary/aromatic N) is 2. The van der Waals surface area contributed by atoms with Gasteiger partial charge in [0.25, 0.3) is 0 Å². The second kappa shape index (κ2) is 5.11. The molecular weight excluding hydrogens is 311 g/mol. The van der Waals surface area contributed by atoms with E-state index in [0.717, 1.165) is 12.1 Å². The number of benzene rings is 1. The van der Waals surface area contributed by atoms with Crippen LogP contribution in [0.5, 0.6) is 0 Å². The molecule has 0 bridgehead atoms. The van der Waals surface area contributed by atoms with Crippen LogP contribution < -0.4 is 16.8 Å². The molecule has 0 fully saturated rings. The highest BCUT2D eigenvalue weighted by Crippen LogP contribution is 2.40. The largest absolute Gasteiger partial charge is 0.416 e. The zero-order chi connectivity index (χ0) is 16.8. The highest BCUT2D eigenvalue weighted by molar-refractivity contribution is 5.95. The number of alkyl halides is 3. The molecule has 0 saturated heterocycles. The molecule has 1 aromatic heterocycles. The summed E-state index contributed by atoms with van der Waals surface area (Å²) in [6, 6.07) is 4.59. The summed E-state index contributed by atoms with van der Waals surface area (Å²) in [5, 5.41) is 2.55. The van der Waals surface area contributed by atoms with Crippen LogP contribution in [-0.4, -0.2) is 15.9 Å². The maximum Gasteiger partial charge on any atom is 0.416 e. The molecule has 0 saturated carbocycles. The van der Waals surface area contributed by atoms with Crippen molar-refractivity contribution in [2.24, 2.45) is 0 Å². The Labute approximate surface area is 128 Å². The van der Waals surface area contributed by atoms with Gasteiger partial charge in [0.2, 0.25) is 11.9 Å². The molecule has 0 aliphatic carbocycles. The van der Waals surface area contributed by atoms with Gasteiger partial charge in [-0.3, -0.25) is 4.79 Å². The Bertz CT molecular complexity index is 773. The predicted molar refractivity (Wildman–Crippen MR) is 77.4 cm³/mol. The van der Waals surface area contributed by atoms with Crippen LogP contribution in [0.4, 0.5) is 30.8 Å². The summed E-state index contributed by atoms with van der Waals surface area (Å²) in [5.74, 6) is -0.648. The Balaban J connectivity index is 2.06. The molecule has 1 unspecified atom stereocenters. The fourth-order valence-corrected chi connectivity index (χ4v) is 2.60. The molecule has 5 N–H and O–H groups in total. The first kappa shape index (κ1) is 15.1. The van der Waals surface area contributed by atoms with Crippen molar-refractivity contribution in [3.63, 3.8) is 0 Å². The Hall–Kier alpha value is -2.84. The maximum atomic E-state index is 12.7. The Morgan fingerprint density at radius 3 is 2.39 bits per heavy atom. The van der Waals surface area contributed by atoms with E-state index in [1.807, 2.05) is 0 Å². The molecule has 1 aliphatic rings. The number of carbonyl (C=O) groups excluding carboxylic acids is 1. The topological polar surface area (TPSA) is 107 Å². The number of amides is 1. The average molecular weight is 323 g/mol. The normalized spacial score (nSPS) is 17.5. The number of nitrogen functional groups attached to an aromatic ring is 2. The van der Waals surface area contributed by atoms with Gasteiger partial charge in [-0.1, -0.05) is 12.1 Å². The van der Waals surface area contributed by atoms with Gasteiger partial charge in [0, 0.05) is 17.9 Å². The van der Waals surface area contributed by atoms with Crippen LogP contribution in [0.25, 0.3) is 0 Å². The zero-order valence-corrected chi connectivity index (χ0v) is 11.7. The van der Waals surface area contributed by atoms with Crippen molar-refractivity contribution in [2.75, 3.05) is 16.8 Å². The van der Waals surface area contributed by atoms with Gasteiger partial charge >= 0.3 is 6.18 Å². The molecule has 2 heterocycles. The van der Waals surface area contributed by atoms with E-state index in [-0.39, 0.29) is 29.9 Å². The van der Waals surface area contributed by atoms with Gasteiger partial charge in [-0.2, -0.15) is 23.1 Å². The minimum atomic E-state index is -4.42. The second-order valence-corrected chi connectivity index (χ2v) is 5.15. The number of aromatic nitrogens is 2. The highest BCUT2D eigenvalue weighted by Gasteiger charge is 2.33. The van der Waals surface area contributed by atoms with E-state index in [2.05, 4.69) is 15.3 Å². The van der Waals surface area contributed by atoms with E-state index in [1.165, 1.54) is 12.1 Å². The third kappa shape index (κ3) is 2.77. The molecule has 23 heavy (non-hydrogen) atoms. The summed E-state index contributed by atoms with van der Waals surface area (Å²) in [4.78, 5) is 19.6. The summed E-state index contributed by atoms with van der Waals surface area (Å²) < 4.78 is 38.0. The molecule has 1 amide bonds. The average Bonchev–Trinajstić information content (AvgIpc) is 2.44. The Morgan fingerprint density at radius 2 is 1.78 bits per heavy atom.